The summed E-state index contributed by atoms with van der Waals surface area (Å²) in [7, 11) is 1.90. The number of nitrogens with one attached hydrogen (secondary N) is 1. The zero-order valence-corrected chi connectivity index (χ0v) is 14.5. The Morgan fingerprint density at radius 2 is 2.05 bits per heavy atom. The third-order valence-corrected chi connectivity index (χ3v) is 5.25. The van der Waals surface area contributed by atoms with E-state index in [0.29, 0.717) is 24.8 Å². The van der Waals surface area contributed by atoms with Crippen LogP contribution in [-0.4, -0.2) is 30.9 Å². The summed E-state index contributed by atoms with van der Waals surface area (Å²) in [6.45, 7) is 5.07. The zero-order valence-electron chi connectivity index (χ0n) is 12.9. The van der Waals surface area contributed by atoms with Crippen molar-refractivity contribution in [2.24, 2.45) is 11.8 Å². The maximum absolute atomic E-state index is 12.4. The first-order chi connectivity index (χ1) is 10.1. The van der Waals surface area contributed by atoms with Crippen LogP contribution in [-0.2, 0) is 11.3 Å². The SMILES string of the molecule is CC(CC(=O)N(C)Cc1ccccc1Br)C1CCNCC1. The molecule has 0 aromatic heterocycles. The van der Waals surface area contributed by atoms with Crippen molar-refractivity contribution in [3.8, 4) is 0 Å². The second-order valence-electron chi connectivity index (χ2n) is 6.11. The Morgan fingerprint density at radius 1 is 1.38 bits per heavy atom. The van der Waals surface area contributed by atoms with Gasteiger partial charge in [0.1, 0.15) is 0 Å². The van der Waals surface area contributed by atoms with Crippen molar-refractivity contribution < 1.29 is 4.79 Å². The highest BCUT2D eigenvalue weighted by Crippen LogP contribution is 2.25. The Bertz CT molecular complexity index is 472. The number of amides is 1. The van der Waals surface area contributed by atoms with Gasteiger partial charge in [-0.3, -0.25) is 4.79 Å². The van der Waals surface area contributed by atoms with Gasteiger partial charge in [0.25, 0.3) is 0 Å². The van der Waals surface area contributed by atoms with E-state index in [2.05, 4.69) is 34.2 Å². The predicted molar refractivity (Wildman–Crippen MR) is 90.0 cm³/mol. The Kier molecular flexibility index (Phi) is 6.24. The van der Waals surface area contributed by atoms with E-state index in [1.807, 2.05) is 30.1 Å². The first-order valence-electron chi connectivity index (χ1n) is 7.76. The Hall–Kier alpha value is -0.870. The Morgan fingerprint density at radius 3 is 2.71 bits per heavy atom. The van der Waals surface area contributed by atoms with Gasteiger partial charge in [0.15, 0.2) is 0 Å². The molecule has 1 aliphatic rings. The lowest BCUT2D eigenvalue weighted by molar-refractivity contribution is -0.131. The van der Waals surface area contributed by atoms with Crippen molar-refractivity contribution in [3.63, 3.8) is 0 Å². The number of halogens is 1. The second kappa shape index (κ2) is 7.95. The van der Waals surface area contributed by atoms with Crippen LogP contribution < -0.4 is 5.32 Å². The molecule has 1 aliphatic heterocycles. The minimum atomic E-state index is 0.247. The fraction of sp³-hybridized carbons (Fsp3) is 0.588. The molecule has 1 amide bonds. The highest BCUT2D eigenvalue weighted by atomic mass is 79.9. The molecular weight excluding hydrogens is 328 g/mol. The van der Waals surface area contributed by atoms with Crippen LogP contribution in [0.3, 0.4) is 0 Å². The Balaban J connectivity index is 1.86. The predicted octanol–water partition coefficient (Wildman–Crippen LogP) is 3.43. The van der Waals surface area contributed by atoms with E-state index < -0.39 is 0 Å². The van der Waals surface area contributed by atoms with Crippen molar-refractivity contribution in [2.75, 3.05) is 20.1 Å². The Labute approximate surface area is 136 Å². The van der Waals surface area contributed by atoms with Crippen LogP contribution in [0.5, 0.6) is 0 Å². The molecule has 1 N–H and O–H groups in total. The van der Waals surface area contributed by atoms with Gasteiger partial charge in [-0.1, -0.05) is 41.1 Å². The molecule has 3 nitrogen and oxygen atoms in total. The summed E-state index contributed by atoms with van der Waals surface area (Å²) in [5, 5.41) is 3.38. The standard InChI is InChI=1S/C17H25BrN2O/c1-13(14-7-9-19-10-8-14)11-17(21)20(2)12-15-5-3-4-6-16(15)18/h3-6,13-14,19H,7-12H2,1-2H3. The van der Waals surface area contributed by atoms with Crippen LogP contribution in [0.2, 0.25) is 0 Å². The van der Waals surface area contributed by atoms with Crippen LogP contribution >= 0.6 is 15.9 Å². The van der Waals surface area contributed by atoms with Gasteiger partial charge in [0, 0.05) is 24.5 Å². The monoisotopic (exact) mass is 352 g/mol. The molecule has 21 heavy (non-hydrogen) atoms. The molecule has 0 spiro atoms. The summed E-state index contributed by atoms with van der Waals surface area (Å²) in [4.78, 5) is 14.3. The zero-order chi connectivity index (χ0) is 15.2. The van der Waals surface area contributed by atoms with E-state index in [0.717, 1.165) is 23.1 Å². The summed E-state index contributed by atoms with van der Waals surface area (Å²) in [5.74, 6) is 1.41. The van der Waals surface area contributed by atoms with Gasteiger partial charge >= 0.3 is 0 Å². The first-order valence-corrected chi connectivity index (χ1v) is 8.55. The van der Waals surface area contributed by atoms with Gasteiger partial charge < -0.3 is 10.2 Å². The minimum absolute atomic E-state index is 0.247. The third kappa shape index (κ3) is 4.82. The van der Waals surface area contributed by atoms with E-state index >= 15 is 0 Å². The fourth-order valence-corrected chi connectivity index (χ4v) is 3.39. The summed E-state index contributed by atoms with van der Waals surface area (Å²) >= 11 is 3.54. The van der Waals surface area contributed by atoms with Crippen molar-refractivity contribution in [1.29, 1.82) is 0 Å². The molecule has 1 fully saturated rings. The number of rotatable bonds is 5. The maximum atomic E-state index is 12.4. The highest BCUT2D eigenvalue weighted by Gasteiger charge is 2.23. The van der Waals surface area contributed by atoms with E-state index in [4.69, 9.17) is 0 Å². The molecule has 1 heterocycles. The number of benzene rings is 1. The van der Waals surface area contributed by atoms with Crippen LogP contribution in [0.1, 0.15) is 31.7 Å². The molecule has 0 saturated carbocycles. The van der Waals surface area contributed by atoms with Gasteiger partial charge in [-0.15, -0.1) is 0 Å². The number of carbonyl (C=O) groups is 1. The van der Waals surface area contributed by atoms with Crippen LogP contribution in [0, 0.1) is 11.8 Å². The number of carbonyl (C=O) groups excluding carboxylic acids is 1. The largest absolute Gasteiger partial charge is 0.341 e. The number of hydrogen-bond acceptors (Lipinski definition) is 2. The third-order valence-electron chi connectivity index (χ3n) is 4.48. The van der Waals surface area contributed by atoms with E-state index in [9.17, 15) is 4.79 Å². The van der Waals surface area contributed by atoms with E-state index in [-0.39, 0.29) is 5.91 Å². The molecule has 1 saturated heterocycles. The van der Waals surface area contributed by atoms with Gasteiger partial charge in [-0.25, -0.2) is 0 Å². The van der Waals surface area contributed by atoms with Crippen LogP contribution in [0.15, 0.2) is 28.7 Å². The van der Waals surface area contributed by atoms with Gasteiger partial charge in [0.05, 0.1) is 0 Å². The normalized spacial score (nSPS) is 17.5. The minimum Gasteiger partial charge on any atom is -0.341 e. The average molecular weight is 353 g/mol. The molecule has 4 heteroatoms. The van der Waals surface area contributed by atoms with E-state index in [1.165, 1.54) is 12.8 Å². The molecule has 0 radical (unpaired) electrons. The lowest BCUT2D eigenvalue weighted by Gasteiger charge is -2.29. The first kappa shape index (κ1) is 16.5. The number of nitrogens with zero attached hydrogens (tertiary/aromatic N) is 1. The lowest BCUT2D eigenvalue weighted by atomic mass is 9.84. The van der Waals surface area contributed by atoms with Crippen LogP contribution in [0.25, 0.3) is 0 Å². The second-order valence-corrected chi connectivity index (χ2v) is 6.96. The molecule has 0 bridgehead atoms. The molecular formula is C17H25BrN2O. The lowest BCUT2D eigenvalue weighted by Crippen LogP contribution is -2.34. The summed E-state index contributed by atoms with van der Waals surface area (Å²) in [6, 6.07) is 8.08. The molecule has 2 rings (SSSR count). The number of hydrogen-bond donors (Lipinski definition) is 1. The van der Waals surface area contributed by atoms with Crippen molar-refractivity contribution in [3.05, 3.63) is 34.3 Å². The summed E-state index contributed by atoms with van der Waals surface area (Å²) in [5.41, 5.74) is 1.16. The summed E-state index contributed by atoms with van der Waals surface area (Å²) in [6.07, 6.45) is 3.05. The molecule has 0 aliphatic carbocycles. The smallest absolute Gasteiger partial charge is 0.222 e. The van der Waals surface area contributed by atoms with Gasteiger partial charge in [-0.05, 0) is 49.4 Å². The number of piperidine rings is 1. The molecule has 1 atom stereocenters. The van der Waals surface area contributed by atoms with E-state index in [1.54, 1.807) is 0 Å². The van der Waals surface area contributed by atoms with Crippen LogP contribution in [0.4, 0.5) is 0 Å². The highest BCUT2D eigenvalue weighted by molar-refractivity contribution is 9.10. The molecule has 116 valence electrons. The molecule has 1 aromatic carbocycles. The van der Waals surface area contributed by atoms with Crippen molar-refractivity contribution in [1.82, 2.24) is 10.2 Å². The molecule has 1 unspecified atom stereocenters. The quantitative estimate of drug-likeness (QED) is 0.880. The fourth-order valence-electron chi connectivity index (χ4n) is 2.98. The summed E-state index contributed by atoms with van der Waals surface area (Å²) < 4.78 is 1.07. The van der Waals surface area contributed by atoms with Crippen molar-refractivity contribution >= 4 is 21.8 Å². The topological polar surface area (TPSA) is 32.3 Å². The van der Waals surface area contributed by atoms with Crippen molar-refractivity contribution in [2.45, 2.75) is 32.7 Å². The van der Waals surface area contributed by atoms with Gasteiger partial charge in [-0.2, -0.15) is 0 Å². The maximum Gasteiger partial charge on any atom is 0.222 e. The molecule has 1 aromatic rings. The average Bonchev–Trinajstić information content (AvgIpc) is 2.50. The van der Waals surface area contributed by atoms with Gasteiger partial charge in [0.2, 0.25) is 5.91 Å².